The van der Waals surface area contributed by atoms with Crippen molar-refractivity contribution in [3.63, 3.8) is 0 Å². The SMILES string of the molecule is COCCn1c(=N)c(-c2nc(-c3ccc(Cl)cc3)c(NC(C)=O)s2)cc2c(=O)n3ccccc3nc21. The molecule has 0 radical (unpaired) electrons. The number of hydrogen-bond acceptors (Lipinski definition) is 7. The second-order valence-corrected chi connectivity index (χ2v) is 9.45. The van der Waals surface area contributed by atoms with Gasteiger partial charge in [0.05, 0.1) is 17.6 Å². The molecule has 5 rings (SSSR count). The lowest BCUT2D eigenvalue weighted by atomic mass is 10.1. The zero-order chi connectivity index (χ0) is 25.4. The number of anilines is 1. The van der Waals surface area contributed by atoms with Crippen LogP contribution in [0, 0.1) is 5.41 Å². The van der Waals surface area contributed by atoms with Crippen LogP contribution in [0.15, 0.2) is 59.5 Å². The van der Waals surface area contributed by atoms with Gasteiger partial charge in [0.1, 0.15) is 32.5 Å². The van der Waals surface area contributed by atoms with Crippen LogP contribution in [-0.2, 0) is 16.1 Å². The van der Waals surface area contributed by atoms with Gasteiger partial charge in [0.2, 0.25) is 5.91 Å². The highest BCUT2D eigenvalue weighted by atomic mass is 35.5. The number of aromatic nitrogens is 4. The van der Waals surface area contributed by atoms with Gasteiger partial charge in [-0.25, -0.2) is 9.97 Å². The summed E-state index contributed by atoms with van der Waals surface area (Å²) in [6.07, 6.45) is 1.66. The number of nitrogens with zero attached hydrogens (tertiary/aromatic N) is 4. The Bertz CT molecular complexity index is 1740. The van der Waals surface area contributed by atoms with E-state index in [1.54, 1.807) is 54.3 Å². The van der Waals surface area contributed by atoms with Crippen LogP contribution in [0.1, 0.15) is 6.92 Å². The van der Waals surface area contributed by atoms with Crippen LogP contribution in [0.3, 0.4) is 0 Å². The Hall–Kier alpha value is -3.86. The summed E-state index contributed by atoms with van der Waals surface area (Å²) in [6, 6.07) is 14.1. The van der Waals surface area contributed by atoms with E-state index in [-0.39, 0.29) is 17.0 Å². The minimum Gasteiger partial charge on any atom is -0.383 e. The van der Waals surface area contributed by atoms with Gasteiger partial charge in [0, 0.05) is 37.4 Å². The Morgan fingerprint density at radius 2 is 1.97 bits per heavy atom. The average molecular weight is 521 g/mol. The number of halogens is 1. The van der Waals surface area contributed by atoms with Gasteiger partial charge in [-0.2, -0.15) is 0 Å². The van der Waals surface area contributed by atoms with E-state index in [0.717, 1.165) is 5.56 Å². The highest BCUT2D eigenvalue weighted by Gasteiger charge is 2.20. The highest BCUT2D eigenvalue weighted by molar-refractivity contribution is 7.19. The number of amides is 1. The molecule has 0 spiro atoms. The van der Waals surface area contributed by atoms with Crippen molar-refractivity contribution in [3.8, 4) is 21.8 Å². The van der Waals surface area contributed by atoms with Crippen molar-refractivity contribution < 1.29 is 9.53 Å². The van der Waals surface area contributed by atoms with Gasteiger partial charge in [-0.15, -0.1) is 0 Å². The predicted octanol–water partition coefficient (Wildman–Crippen LogP) is 4.18. The molecule has 9 nitrogen and oxygen atoms in total. The summed E-state index contributed by atoms with van der Waals surface area (Å²) in [4.78, 5) is 34.8. The number of hydrogen-bond donors (Lipinski definition) is 2. The Labute approximate surface area is 214 Å². The van der Waals surface area contributed by atoms with Crippen LogP contribution in [-0.4, -0.2) is 38.6 Å². The topological polar surface area (TPSA) is 114 Å². The maximum Gasteiger partial charge on any atom is 0.267 e. The molecule has 1 aromatic carbocycles. The molecule has 4 aromatic heterocycles. The lowest BCUT2D eigenvalue weighted by molar-refractivity contribution is -0.114. The van der Waals surface area contributed by atoms with Crippen molar-refractivity contribution in [2.45, 2.75) is 13.5 Å². The number of pyridine rings is 2. The summed E-state index contributed by atoms with van der Waals surface area (Å²) in [7, 11) is 1.58. The third kappa shape index (κ3) is 4.30. The van der Waals surface area contributed by atoms with Gasteiger partial charge in [0.15, 0.2) is 0 Å². The largest absolute Gasteiger partial charge is 0.383 e. The number of carbonyl (C=O) groups is 1. The van der Waals surface area contributed by atoms with Crippen molar-refractivity contribution in [2.75, 3.05) is 19.0 Å². The lowest BCUT2D eigenvalue weighted by Crippen LogP contribution is -2.28. The Morgan fingerprint density at radius 1 is 1.19 bits per heavy atom. The molecule has 0 atom stereocenters. The van der Waals surface area contributed by atoms with Crippen LogP contribution >= 0.6 is 22.9 Å². The van der Waals surface area contributed by atoms with Crippen LogP contribution < -0.4 is 16.4 Å². The smallest absolute Gasteiger partial charge is 0.267 e. The second-order valence-electron chi connectivity index (χ2n) is 8.02. The molecule has 2 N–H and O–H groups in total. The molecule has 182 valence electrons. The fourth-order valence-electron chi connectivity index (χ4n) is 3.93. The molecule has 0 saturated heterocycles. The van der Waals surface area contributed by atoms with Crippen molar-refractivity contribution in [1.82, 2.24) is 18.9 Å². The molecule has 0 fully saturated rings. The standard InChI is InChI=1S/C25H21ClN6O3S/c1-14(33)28-24-20(15-6-8-16(26)9-7-15)30-23(36-24)17-13-18-22(32(21(17)27)11-12-35-2)29-19-5-3-4-10-31(19)25(18)34/h3-10,13,27H,11-12H2,1-2H3,(H,28,33). The summed E-state index contributed by atoms with van der Waals surface area (Å²) in [5, 5.41) is 13.8. The fourth-order valence-corrected chi connectivity index (χ4v) is 5.11. The van der Waals surface area contributed by atoms with Crippen LogP contribution in [0.25, 0.3) is 38.5 Å². The molecule has 4 heterocycles. The van der Waals surface area contributed by atoms with Gasteiger partial charge in [-0.3, -0.25) is 19.4 Å². The zero-order valence-electron chi connectivity index (χ0n) is 19.4. The molecule has 0 unspecified atom stereocenters. The maximum absolute atomic E-state index is 13.4. The van der Waals surface area contributed by atoms with E-state index in [1.807, 2.05) is 12.1 Å². The quantitative estimate of drug-likeness (QED) is 0.326. The van der Waals surface area contributed by atoms with Crippen molar-refractivity contribution in [2.24, 2.45) is 0 Å². The summed E-state index contributed by atoms with van der Waals surface area (Å²) < 4.78 is 8.39. The molecule has 0 bridgehead atoms. The summed E-state index contributed by atoms with van der Waals surface area (Å²) in [5.74, 6) is -0.242. The Balaban J connectivity index is 1.79. The summed E-state index contributed by atoms with van der Waals surface area (Å²) in [5.41, 5.74) is 2.53. The number of rotatable bonds is 6. The van der Waals surface area contributed by atoms with Crippen molar-refractivity contribution in [1.29, 1.82) is 5.41 Å². The minimum absolute atomic E-state index is 0.137. The van der Waals surface area contributed by atoms with E-state index in [4.69, 9.17) is 26.7 Å². The number of thiazole rings is 1. The third-order valence-electron chi connectivity index (χ3n) is 5.60. The maximum atomic E-state index is 13.4. The first kappa shape index (κ1) is 23.9. The van der Waals surface area contributed by atoms with Gasteiger partial charge in [-0.05, 0) is 30.3 Å². The molecule has 5 aromatic rings. The third-order valence-corrected chi connectivity index (χ3v) is 6.86. The normalized spacial score (nSPS) is 11.3. The first-order valence-electron chi connectivity index (χ1n) is 11.0. The van der Waals surface area contributed by atoms with Gasteiger partial charge < -0.3 is 14.6 Å². The average Bonchev–Trinajstić information content (AvgIpc) is 3.26. The Kier molecular flexibility index (Phi) is 6.40. The predicted molar refractivity (Wildman–Crippen MR) is 141 cm³/mol. The fraction of sp³-hybridized carbons (Fsp3) is 0.160. The molecule has 0 saturated carbocycles. The zero-order valence-corrected chi connectivity index (χ0v) is 21.0. The number of nitrogens with one attached hydrogen (secondary N) is 2. The van der Waals surface area contributed by atoms with E-state index in [0.29, 0.717) is 56.1 Å². The van der Waals surface area contributed by atoms with E-state index in [2.05, 4.69) is 10.3 Å². The molecule has 0 aliphatic carbocycles. The van der Waals surface area contributed by atoms with E-state index >= 15 is 0 Å². The van der Waals surface area contributed by atoms with Crippen molar-refractivity contribution in [3.05, 3.63) is 75.6 Å². The van der Waals surface area contributed by atoms with E-state index in [1.165, 1.54) is 22.7 Å². The second kappa shape index (κ2) is 9.65. The molecule has 1 amide bonds. The summed E-state index contributed by atoms with van der Waals surface area (Å²) >= 11 is 7.29. The lowest BCUT2D eigenvalue weighted by Gasteiger charge is -2.13. The minimum atomic E-state index is -0.250. The molecule has 0 aliphatic rings. The van der Waals surface area contributed by atoms with E-state index in [9.17, 15) is 9.59 Å². The van der Waals surface area contributed by atoms with Crippen LogP contribution in [0.5, 0.6) is 0 Å². The first-order valence-corrected chi connectivity index (χ1v) is 12.2. The highest BCUT2D eigenvalue weighted by Crippen LogP contribution is 2.37. The monoisotopic (exact) mass is 520 g/mol. The number of fused-ring (bicyclic) bond motifs is 2. The molecular weight excluding hydrogens is 500 g/mol. The number of ether oxygens (including phenoxy) is 1. The molecular formula is C25H21ClN6O3S. The molecule has 0 aliphatic heterocycles. The number of carbonyl (C=O) groups excluding carboxylic acids is 1. The van der Waals surface area contributed by atoms with Crippen molar-refractivity contribution >= 4 is 50.5 Å². The van der Waals surface area contributed by atoms with Gasteiger partial charge in [0.25, 0.3) is 5.56 Å². The number of methoxy groups -OCH3 is 1. The van der Waals surface area contributed by atoms with Crippen LogP contribution in [0.4, 0.5) is 5.00 Å². The van der Waals surface area contributed by atoms with E-state index < -0.39 is 0 Å². The molecule has 11 heteroatoms. The first-order chi connectivity index (χ1) is 17.4. The van der Waals surface area contributed by atoms with Gasteiger partial charge in [-0.1, -0.05) is 41.1 Å². The Morgan fingerprint density at radius 3 is 2.69 bits per heavy atom. The van der Waals surface area contributed by atoms with Gasteiger partial charge >= 0.3 is 0 Å². The number of benzene rings is 1. The molecule has 36 heavy (non-hydrogen) atoms. The van der Waals surface area contributed by atoms with Crippen LogP contribution in [0.2, 0.25) is 5.02 Å². The summed E-state index contributed by atoms with van der Waals surface area (Å²) in [6.45, 7) is 2.08.